The molecule has 1 fully saturated rings. The molecule has 0 spiro atoms. The summed E-state index contributed by atoms with van der Waals surface area (Å²) in [5, 5.41) is 3.18. The molecular formula is C19H19NO4. The molecule has 0 bridgehead atoms. The van der Waals surface area contributed by atoms with Crippen LogP contribution in [0.1, 0.15) is 24.0 Å². The summed E-state index contributed by atoms with van der Waals surface area (Å²) >= 11 is 0. The lowest BCUT2D eigenvalue weighted by Gasteiger charge is -2.26. The van der Waals surface area contributed by atoms with Crippen molar-refractivity contribution < 1.29 is 19.1 Å². The third kappa shape index (κ3) is 3.46. The number of esters is 1. The predicted octanol–water partition coefficient (Wildman–Crippen LogP) is 3.15. The van der Waals surface area contributed by atoms with Crippen LogP contribution in [0.4, 0.5) is 4.79 Å². The molecule has 1 aliphatic rings. The molecule has 5 heteroatoms. The molecule has 0 amide bonds. The van der Waals surface area contributed by atoms with Crippen molar-refractivity contribution in [1.29, 1.82) is 0 Å². The first kappa shape index (κ1) is 16.2. The van der Waals surface area contributed by atoms with Crippen molar-refractivity contribution in [3.63, 3.8) is 0 Å². The molecule has 24 heavy (non-hydrogen) atoms. The molecule has 2 aromatic rings. The molecule has 124 valence electrons. The van der Waals surface area contributed by atoms with Crippen molar-refractivity contribution in [1.82, 2.24) is 5.32 Å². The van der Waals surface area contributed by atoms with Crippen molar-refractivity contribution in [3.05, 3.63) is 71.8 Å². The Morgan fingerprint density at radius 3 is 2.29 bits per heavy atom. The second-order valence-corrected chi connectivity index (χ2v) is 5.72. The van der Waals surface area contributed by atoms with Crippen LogP contribution in [0.25, 0.3) is 0 Å². The first-order chi connectivity index (χ1) is 11.7. The Labute approximate surface area is 140 Å². The maximum atomic E-state index is 12.6. The minimum absolute atomic E-state index is 0.0682. The lowest BCUT2D eigenvalue weighted by Crippen LogP contribution is -2.46. The fraction of sp³-hybridized carbons (Fsp3) is 0.263. The molecule has 1 atom stereocenters. The summed E-state index contributed by atoms with van der Waals surface area (Å²) in [6.07, 6.45) is 0.443. The molecule has 1 aliphatic heterocycles. The summed E-state index contributed by atoms with van der Waals surface area (Å²) in [6, 6.07) is 18.6. The number of hydrogen-bond acceptors (Lipinski definition) is 5. The number of carbonyl (C=O) groups is 2. The minimum atomic E-state index is -0.979. The van der Waals surface area contributed by atoms with E-state index in [0.717, 1.165) is 17.5 Å². The Kier molecular flexibility index (Phi) is 4.91. The van der Waals surface area contributed by atoms with Gasteiger partial charge in [-0.15, -0.1) is 0 Å². The summed E-state index contributed by atoms with van der Waals surface area (Å²) in [5.41, 5.74) is 0.648. The second kappa shape index (κ2) is 7.27. The van der Waals surface area contributed by atoms with Gasteiger partial charge in [0.2, 0.25) is 0 Å². The van der Waals surface area contributed by atoms with E-state index < -0.39 is 17.7 Å². The highest BCUT2D eigenvalue weighted by Crippen LogP contribution is 2.32. The van der Waals surface area contributed by atoms with E-state index in [2.05, 4.69) is 5.32 Å². The van der Waals surface area contributed by atoms with E-state index in [-0.39, 0.29) is 6.61 Å². The molecule has 3 rings (SSSR count). The molecule has 5 nitrogen and oxygen atoms in total. The largest absolute Gasteiger partial charge is 0.516 e. The van der Waals surface area contributed by atoms with Crippen molar-refractivity contribution in [3.8, 4) is 0 Å². The Hall–Kier alpha value is -2.66. The molecule has 0 saturated carbocycles. The third-order valence-electron chi connectivity index (χ3n) is 4.15. The van der Waals surface area contributed by atoms with Gasteiger partial charge in [0.05, 0.1) is 0 Å². The van der Waals surface area contributed by atoms with Crippen LogP contribution < -0.4 is 5.32 Å². The van der Waals surface area contributed by atoms with E-state index in [1.165, 1.54) is 0 Å². The van der Waals surface area contributed by atoms with Crippen molar-refractivity contribution >= 4 is 12.1 Å². The van der Waals surface area contributed by atoms with E-state index in [9.17, 15) is 9.59 Å². The Bertz CT molecular complexity index is 694. The van der Waals surface area contributed by atoms with Crippen molar-refractivity contribution in [2.45, 2.75) is 25.0 Å². The summed E-state index contributed by atoms with van der Waals surface area (Å²) in [4.78, 5) is 24.5. The van der Waals surface area contributed by atoms with Gasteiger partial charge in [-0.2, -0.15) is 0 Å². The zero-order valence-corrected chi connectivity index (χ0v) is 13.2. The molecule has 0 unspecified atom stereocenters. The van der Waals surface area contributed by atoms with Crippen LogP contribution in [-0.2, 0) is 26.4 Å². The number of benzene rings is 2. The fourth-order valence-corrected chi connectivity index (χ4v) is 2.91. The van der Waals surface area contributed by atoms with Gasteiger partial charge in [-0.25, -0.2) is 9.59 Å². The quantitative estimate of drug-likeness (QED) is 0.691. The van der Waals surface area contributed by atoms with Gasteiger partial charge in [0.1, 0.15) is 12.1 Å². The number of nitrogens with one attached hydrogen (secondary N) is 1. The van der Waals surface area contributed by atoms with Gasteiger partial charge in [-0.1, -0.05) is 60.7 Å². The second-order valence-electron chi connectivity index (χ2n) is 5.72. The first-order valence-corrected chi connectivity index (χ1v) is 7.94. The Balaban J connectivity index is 1.65. The fourth-order valence-electron chi connectivity index (χ4n) is 2.91. The van der Waals surface area contributed by atoms with Crippen LogP contribution >= 0.6 is 0 Å². The molecular weight excluding hydrogens is 306 g/mol. The summed E-state index contributed by atoms with van der Waals surface area (Å²) in [6.45, 7) is 0.766. The van der Waals surface area contributed by atoms with E-state index in [1.807, 2.05) is 60.7 Å². The van der Waals surface area contributed by atoms with Gasteiger partial charge in [0.15, 0.2) is 0 Å². The number of ether oxygens (including phenoxy) is 2. The molecule has 1 saturated heterocycles. The highest BCUT2D eigenvalue weighted by Gasteiger charge is 2.45. The molecule has 1 heterocycles. The van der Waals surface area contributed by atoms with Crippen LogP contribution in [0.3, 0.4) is 0 Å². The van der Waals surface area contributed by atoms with Gasteiger partial charge in [0, 0.05) is 0 Å². The summed E-state index contributed by atoms with van der Waals surface area (Å²) in [5.74, 6) is -0.621. The maximum absolute atomic E-state index is 12.6. The number of hydrogen-bond donors (Lipinski definition) is 1. The van der Waals surface area contributed by atoms with Crippen molar-refractivity contribution in [2.75, 3.05) is 6.54 Å². The van der Waals surface area contributed by atoms with Gasteiger partial charge >= 0.3 is 12.1 Å². The molecule has 0 radical (unpaired) electrons. The number of carbonyl (C=O) groups excluding carboxylic acids is 2. The van der Waals surface area contributed by atoms with Gasteiger partial charge in [-0.3, -0.25) is 5.32 Å². The zero-order valence-electron chi connectivity index (χ0n) is 13.2. The van der Waals surface area contributed by atoms with Crippen LogP contribution in [-0.4, -0.2) is 18.7 Å². The number of rotatable bonds is 4. The average molecular weight is 325 g/mol. The van der Waals surface area contributed by atoms with E-state index in [4.69, 9.17) is 9.47 Å². The first-order valence-electron chi connectivity index (χ1n) is 7.94. The topological polar surface area (TPSA) is 64.6 Å². The van der Waals surface area contributed by atoms with E-state index >= 15 is 0 Å². The van der Waals surface area contributed by atoms with Crippen LogP contribution in [0.2, 0.25) is 0 Å². The third-order valence-corrected chi connectivity index (χ3v) is 4.15. The SMILES string of the molecule is O=C(OCc1ccccc1)OC(=O)[C@]1(c2ccccc2)CCCN1. The summed E-state index contributed by atoms with van der Waals surface area (Å²) < 4.78 is 9.98. The maximum Gasteiger partial charge on any atom is 0.516 e. The van der Waals surface area contributed by atoms with Gasteiger partial charge < -0.3 is 9.47 Å². The molecule has 2 aromatic carbocycles. The lowest BCUT2D eigenvalue weighted by atomic mass is 9.88. The zero-order chi connectivity index (χ0) is 16.8. The van der Waals surface area contributed by atoms with Crippen LogP contribution in [0.15, 0.2) is 60.7 Å². The van der Waals surface area contributed by atoms with Crippen molar-refractivity contribution in [2.24, 2.45) is 0 Å². The summed E-state index contributed by atoms with van der Waals surface area (Å²) in [7, 11) is 0. The smallest absolute Gasteiger partial charge is 0.429 e. The Morgan fingerprint density at radius 2 is 1.67 bits per heavy atom. The normalized spacial score (nSPS) is 19.7. The van der Waals surface area contributed by atoms with Crippen LogP contribution in [0.5, 0.6) is 0 Å². The monoisotopic (exact) mass is 325 g/mol. The predicted molar refractivity (Wildman–Crippen MR) is 88.1 cm³/mol. The van der Waals surface area contributed by atoms with Gasteiger partial charge in [-0.05, 0) is 30.5 Å². The van der Waals surface area contributed by atoms with Gasteiger partial charge in [0.25, 0.3) is 0 Å². The Morgan fingerprint density at radius 1 is 1.00 bits per heavy atom. The van der Waals surface area contributed by atoms with E-state index in [0.29, 0.717) is 13.0 Å². The lowest BCUT2D eigenvalue weighted by molar-refractivity contribution is -0.147. The molecule has 1 N–H and O–H groups in total. The molecule has 0 aliphatic carbocycles. The standard InChI is InChI=1S/C19H19NO4/c21-17(24-18(22)23-14-15-8-3-1-4-9-15)19(12-7-13-20-19)16-10-5-2-6-11-16/h1-6,8-11,20H,7,12-14H2/t19-/m1/s1. The van der Waals surface area contributed by atoms with E-state index in [1.54, 1.807) is 0 Å². The average Bonchev–Trinajstić information content (AvgIpc) is 3.13. The highest BCUT2D eigenvalue weighted by atomic mass is 16.7. The molecule has 0 aromatic heterocycles. The minimum Gasteiger partial charge on any atom is -0.429 e. The van der Waals surface area contributed by atoms with Crippen LogP contribution in [0, 0.1) is 0 Å². The highest BCUT2D eigenvalue weighted by molar-refractivity contribution is 5.90.